The highest BCUT2D eigenvalue weighted by Crippen LogP contribution is 2.03. The van der Waals surface area contributed by atoms with Crippen molar-refractivity contribution in [3.8, 4) is 0 Å². The zero-order valence-corrected chi connectivity index (χ0v) is 5.54. The number of anilines is 1. The zero-order chi connectivity index (χ0) is 7.40. The molecule has 0 unspecified atom stereocenters. The second kappa shape index (κ2) is 2.85. The summed E-state index contributed by atoms with van der Waals surface area (Å²) in [6.45, 7) is 3.44. The molecule has 1 aromatic rings. The van der Waals surface area contributed by atoms with Crippen molar-refractivity contribution in [2.45, 2.75) is 0 Å². The number of nitrogens with two attached hydrogens (primary N) is 1. The first kappa shape index (κ1) is 6.59. The Hall–Kier alpha value is -1.53. The molecule has 0 saturated heterocycles. The Morgan fingerprint density at radius 1 is 1.60 bits per heavy atom. The first-order valence-electron chi connectivity index (χ1n) is 2.89. The molecule has 0 amide bonds. The molecule has 0 radical (unpaired) electrons. The van der Waals surface area contributed by atoms with Crippen LogP contribution in [0.2, 0.25) is 0 Å². The number of pyridine rings is 1. The number of hydrogen-bond donors (Lipinski definition) is 1. The van der Waals surface area contributed by atoms with Crippen LogP contribution in [0.5, 0.6) is 0 Å². The highest BCUT2D eigenvalue weighted by Gasteiger charge is 1.85. The van der Waals surface area contributed by atoms with Crippen LogP contribution in [-0.4, -0.2) is 4.98 Å². The van der Waals surface area contributed by atoms with Gasteiger partial charge in [-0.2, -0.15) is 0 Å². The lowest BCUT2D eigenvalue weighted by Crippen LogP contribution is -1.85. The van der Waals surface area contributed by atoms with E-state index in [1.54, 1.807) is 18.5 Å². The minimum Gasteiger partial charge on any atom is -0.397 e. The zero-order valence-electron chi connectivity index (χ0n) is 5.54. The molecular formula is C8H8N2. The van der Waals surface area contributed by atoms with E-state index in [1.165, 1.54) is 0 Å². The van der Waals surface area contributed by atoms with Crippen molar-refractivity contribution in [2.75, 3.05) is 5.73 Å². The van der Waals surface area contributed by atoms with Crippen LogP contribution in [-0.2, 0) is 0 Å². The molecule has 0 aromatic carbocycles. The molecule has 10 heavy (non-hydrogen) atoms. The van der Waals surface area contributed by atoms with Gasteiger partial charge in [0.2, 0.25) is 0 Å². The lowest BCUT2D eigenvalue weighted by molar-refractivity contribution is 1.32. The van der Waals surface area contributed by atoms with Gasteiger partial charge >= 0.3 is 0 Å². The maximum Gasteiger partial charge on any atom is 0.0506 e. The normalized spacial score (nSPS) is 8.40. The van der Waals surface area contributed by atoms with Crippen molar-refractivity contribution in [2.24, 2.45) is 0 Å². The van der Waals surface area contributed by atoms with Gasteiger partial charge in [0.1, 0.15) is 0 Å². The van der Waals surface area contributed by atoms with Crippen LogP contribution in [0.25, 0.3) is 6.08 Å². The molecular weight excluding hydrogens is 124 g/mol. The number of rotatable bonds is 1. The van der Waals surface area contributed by atoms with Crippen molar-refractivity contribution in [3.05, 3.63) is 36.3 Å². The number of nitrogen functional groups attached to an aromatic ring is 1. The summed E-state index contributed by atoms with van der Waals surface area (Å²) in [6.07, 6.45) is 5.03. The van der Waals surface area contributed by atoms with Crippen molar-refractivity contribution >= 4 is 11.8 Å². The molecule has 2 nitrogen and oxygen atoms in total. The van der Waals surface area contributed by atoms with E-state index in [2.05, 4.69) is 17.3 Å². The third kappa shape index (κ3) is 1.47. The molecule has 0 fully saturated rings. The van der Waals surface area contributed by atoms with Crippen molar-refractivity contribution in [1.29, 1.82) is 0 Å². The Kier molecular flexibility index (Phi) is 1.88. The van der Waals surface area contributed by atoms with Crippen LogP contribution in [0.4, 0.5) is 5.69 Å². The Morgan fingerprint density at radius 2 is 2.40 bits per heavy atom. The fraction of sp³-hybridized carbons (Fsp3) is 0. The SMILES string of the molecule is C=C=Cc1cncc(N)c1. The number of nitrogens with zero attached hydrogens (tertiary/aromatic N) is 1. The molecule has 0 aliphatic carbocycles. The monoisotopic (exact) mass is 132 g/mol. The van der Waals surface area contributed by atoms with E-state index in [1.807, 2.05) is 6.07 Å². The topological polar surface area (TPSA) is 38.9 Å². The average Bonchev–Trinajstić information content (AvgIpc) is 1.88. The summed E-state index contributed by atoms with van der Waals surface area (Å²) in [5.74, 6) is 0. The van der Waals surface area contributed by atoms with E-state index in [-0.39, 0.29) is 0 Å². The Bertz CT molecular complexity index is 272. The van der Waals surface area contributed by atoms with E-state index in [4.69, 9.17) is 5.73 Å². The van der Waals surface area contributed by atoms with Gasteiger partial charge in [-0.3, -0.25) is 4.98 Å². The smallest absolute Gasteiger partial charge is 0.0506 e. The van der Waals surface area contributed by atoms with E-state index in [0.29, 0.717) is 5.69 Å². The van der Waals surface area contributed by atoms with Crippen molar-refractivity contribution in [3.63, 3.8) is 0 Å². The molecule has 2 heteroatoms. The van der Waals surface area contributed by atoms with Crippen LogP contribution < -0.4 is 5.73 Å². The van der Waals surface area contributed by atoms with E-state index < -0.39 is 0 Å². The number of aromatic nitrogens is 1. The summed E-state index contributed by atoms with van der Waals surface area (Å²) in [4.78, 5) is 3.88. The van der Waals surface area contributed by atoms with Gasteiger partial charge in [-0.15, -0.1) is 5.73 Å². The third-order valence-electron chi connectivity index (χ3n) is 1.05. The van der Waals surface area contributed by atoms with Gasteiger partial charge in [0.05, 0.1) is 5.69 Å². The lowest BCUT2D eigenvalue weighted by atomic mass is 10.2. The number of hydrogen-bond acceptors (Lipinski definition) is 2. The fourth-order valence-electron chi connectivity index (χ4n) is 0.673. The average molecular weight is 132 g/mol. The summed E-state index contributed by atoms with van der Waals surface area (Å²) in [6, 6.07) is 1.81. The second-order valence-corrected chi connectivity index (χ2v) is 1.90. The van der Waals surface area contributed by atoms with Crippen LogP contribution in [0, 0.1) is 0 Å². The summed E-state index contributed by atoms with van der Waals surface area (Å²) >= 11 is 0. The molecule has 1 aromatic heterocycles. The maximum absolute atomic E-state index is 5.46. The minimum absolute atomic E-state index is 0.656. The van der Waals surface area contributed by atoms with Crippen LogP contribution >= 0.6 is 0 Å². The van der Waals surface area contributed by atoms with E-state index in [0.717, 1.165) is 5.56 Å². The quantitative estimate of drug-likeness (QED) is 0.587. The predicted molar refractivity (Wildman–Crippen MR) is 42.3 cm³/mol. The molecule has 0 atom stereocenters. The van der Waals surface area contributed by atoms with Gasteiger partial charge in [0.25, 0.3) is 0 Å². The summed E-state index contributed by atoms with van der Waals surface area (Å²) in [5, 5.41) is 0. The lowest BCUT2D eigenvalue weighted by Gasteiger charge is -1.91. The van der Waals surface area contributed by atoms with Crippen LogP contribution in [0.3, 0.4) is 0 Å². The minimum atomic E-state index is 0.656. The largest absolute Gasteiger partial charge is 0.397 e. The second-order valence-electron chi connectivity index (χ2n) is 1.90. The molecule has 50 valence electrons. The Morgan fingerprint density at radius 3 is 3.00 bits per heavy atom. The standard InChI is InChI=1S/C8H8N2/c1-2-3-7-4-8(9)6-10-5-7/h3-6H,1,9H2. The molecule has 0 saturated carbocycles. The first-order chi connectivity index (χ1) is 4.83. The van der Waals surface area contributed by atoms with E-state index in [9.17, 15) is 0 Å². The van der Waals surface area contributed by atoms with Gasteiger partial charge in [-0.05, 0) is 12.1 Å². The molecule has 0 bridgehead atoms. The molecule has 0 aliphatic heterocycles. The van der Waals surface area contributed by atoms with E-state index >= 15 is 0 Å². The van der Waals surface area contributed by atoms with Crippen LogP contribution in [0.1, 0.15) is 5.56 Å². The van der Waals surface area contributed by atoms with Crippen LogP contribution in [0.15, 0.2) is 30.8 Å². The first-order valence-corrected chi connectivity index (χ1v) is 2.89. The van der Waals surface area contributed by atoms with Crippen molar-refractivity contribution < 1.29 is 0 Å². The fourth-order valence-corrected chi connectivity index (χ4v) is 0.673. The molecule has 1 rings (SSSR count). The maximum atomic E-state index is 5.46. The summed E-state index contributed by atoms with van der Waals surface area (Å²) < 4.78 is 0. The molecule has 0 aliphatic rings. The van der Waals surface area contributed by atoms with Gasteiger partial charge in [0, 0.05) is 18.0 Å². The molecule has 0 spiro atoms. The van der Waals surface area contributed by atoms with Gasteiger partial charge < -0.3 is 5.73 Å². The van der Waals surface area contributed by atoms with Gasteiger partial charge in [0.15, 0.2) is 0 Å². The third-order valence-corrected chi connectivity index (χ3v) is 1.05. The Balaban J connectivity index is 3.06. The molecule has 2 N–H and O–H groups in total. The summed E-state index contributed by atoms with van der Waals surface area (Å²) in [7, 11) is 0. The highest BCUT2D eigenvalue weighted by molar-refractivity contribution is 5.52. The Labute approximate surface area is 59.7 Å². The van der Waals surface area contributed by atoms with Gasteiger partial charge in [-0.1, -0.05) is 6.58 Å². The predicted octanol–water partition coefficient (Wildman–Crippen LogP) is 1.46. The molecule has 1 heterocycles. The summed E-state index contributed by atoms with van der Waals surface area (Å²) in [5.41, 5.74) is 9.68. The van der Waals surface area contributed by atoms with Gasteiger partial charge in [-0.25, -0.2) is 0 Å². The van der Waals surface area contributed by atoms with Crippen molar-refractivity contribution in [1.82, 2.24) is 4.98 Å². The highest BCUT2D eigenvalue weighted by atomic mass is 14.7.